The number of carboxylic acids is 1. The average molecular weight is 558 g/mol. The maximum atomic E-state index is 13.7. The van der Waals surface area contributed by atoms with Gasteiger partial charge in [-0.1, -0.05) is 66.7 Å². The number of hydrogen-bond donors (Lipinski definition) is 5. The van der Waals surface area contributed by atoms with Gasteiger partial charge in [-0.05, 0) is 60.6 Å². The minimum Gasteiger partial charge on any atom is -0.480 e. The van der Waals surface area contributed by atoms with E-state index in [-0.39, 0.29) is 18.4 Å². The number of aryl methyl sites for hydroxylation is 1. The van der Waals surface area contributed by atoms with Crippen molar-refractivity contribution in [3.05, 3.63) is 89.5 Å². The van der Waals surface area contributed by atoms with Gasteiger partial charge in [0, 0.05) is 12.2 Å². The predicted molar refractivity (Wildman–Crippen MR) is 156 cm³/mol. The summed E-state index contributed by atoms with van der Waals surface area (Å²) in [6.07, 6.45) is 1.12. The number of nitrogens with one attached hydrogen (secondary N) is 3. The number of para-hydroxylation sites is 1. The van der Waals surface area contributed by atoms with Gasteiger partial charge in [0.05, 0.1) is 12.1 Å². The summed E-state index contributed by atoms with van der Waals surface area (Å²) in [5, 5.41) is 16.5. The molecule has 0 saturated carbocycles. The van der Waals surface area contributed by atoms with Crippen LogP contribution in [-0.2, 0) is 33.9 Å². The van der Waals surface area contributed by atoms with E-state index in [4.69, 9.17) is 10.8 Å². The molecule has 0 spiro atoms. The quantitative estimate of drug-likeness (QED) is 0.273. The van der Waals surface area contributed by atoms with Gasteiger partial charge in [-0.15, -0.1) is 0 Å². The van der Waals surface area contributed by atoms with Crippen LogP contribution in [0.4, 0.5) is 10.5 Å². The van der Waals surface area contributed by atoms with Crippen molar-refractivity contribution in [1.29, 1.82) is 0 Å². The number of rotatable bonds is 9. The van der Waals surface area contributed by atoms with Crippen LogP contribution in [-0.4, -0.2) is 47.0 Å². The molecule has 10 heteroatoms. The molecule has 214 valence electrons. The summed E-state index contributed by atoms with van der Waals surface area (Å²) in [6.45, 7) is 3.30. The fourth-order valence-electron chi connectivity index (χ4n) is 4.68. The number of hydrogen-bond acceptors (Lipinski definition) is 5. The highest BCUT2D eigenvalue weighted by atomic mass is 16.4. The molecule has 0 aromatic heterocycles. The van der Waals surface area contributed by atoms with E-state index in [9.17, 15) is 19.2 Å². The van der Waals surface area contributed by atoms with Crippen molar-refractivity contribution in [3.63, 3.8) is 0 Å². The van der Waals surface area contributed by atoms with Crippen molar-refractivity contribution in [1.82, 2.24) is 16.0 Å². The summed E-state index contributed by atoms with van der Waals surface area (Å²) >= 11 is 0. The zero-order valence-corrected chi connectivity index (χ0v) is 23.1. The van der Waals surface area contributed by atoms with Crippen LogP contribution in [0.1, 0.15) is 37.0 Å². The van der Waals surface area contributed by atoms with Gasteiger partial charge in [-0.3, -0.25) is 14.4 Å². The van der Waals surface area contributed by atoms with Crippen LogP contribution in [0.3, 0.4) is 0 Å². The van der Waals surface area contributed by atoms with Crippen LogP contribution in [0.5, 0.6) is 0 Å². The molecule has 0 saturated heterocycles. The van der Waals surface area contributed by atoms with Crippen LogP contribution in [0.2, 0.25) is 0 Å². The molecule has 3 aromatic rings. The molecular formula is C31H35N5O5. The number of anilines is 1. The van der Waals surface area contributed by atoms with Gasteiger partial charge >= 0.3 is 12.0 Å². The molecule has 41 heavy (non-hydrogen) atoms. The second kappa shape index (κ2) is 12.6. The molecule has 1 aliphatic rings. The van der Waals surface area contributed by atoms with Crippen molar-refractivity contribution in [3.8, 4) is 11.1 Å². The molecule has 1 heterocycles. The molecule has 0 unspecified atom stereocenters. The van der Waals surface area contributed by atoms with Crippen LogP contribution >= 0.6 is 0 Å². The van der Waals surface area contributed by atoms with E-state index >= 15 is 0 Å². The fourth-order valence-corrected chi connectivity index (χ4v) is 4.68. The van der Waals surface area contributed by atoms with Crippen molar-refractivity contribution < 1.29 is 24.3 Å². The lowest BCUT2D eigenvalue weighted by Crippen LogP contribution is -2.56. The maximum Gasteiger partial charge on any atom is 0.323 e. The summed E-state index contributed by atoms with van der Waals surface area (Å²) in [7, 11) is 0. The Morgan fingerprint density at radius 2 is 1.66 bits per heavy atom. The second-order valence-corrected chi connectivity index (χ2v) is 10.6. The van der Waals surface area contributed by atoms with E-state index in [1.54, 1.807) is 18.7 Å². The van der Waals surface area contributed by atoms with Gasteiger partial charge in [0.15, 0.2) is 0 Å². The first-order chi connectivity index (χ1) is 19.5. The Balaban J connectivity index is 1.52. The van der Waals surface area contributed by atoms with Crippen LogP contribution in [0.15, 0.2) is 72.8 Å². The number of urea groups is 1. The number of fused-ring (bicyclic) bond motifs is 1. The first-order valence-corrected chi connectivity index (χ1v) is 13.4. The molecule has 1 aliphatic heterocycles. The van der Waals surface area contributed by atoms with E-state index < -0.39 is 30.1 Å². The van der Waals surface area contributed by atoms with Crippen LogP contribution in [0.25, 0.3) is 11.1 Å². The van der Waals surface area contributed by atoms with Gasteiger partial charge in [-0.25, -0.2) is 4.79 Å². The molecule has 0 fully saturated rings. The molecule has 0 bridgehead atoms. The summed E-state index contributed by atoms with van der Waals surface area (Å²) in [5.41, 5.74) is 10.3. The number of aliphatic carboxylic acids is 1. The number of carboxylic acid groups (broad SMARTS) is 1. The summed E-state index contributed by atoms with van der Waals surface area (Å²) in [6, 6.07) is 22.0. The molecule has 4 rings (SSSR count). The van der Waals surface area contributed by atoms with Crippen LogP contribution < -0.4 is 26.6 Å². The average Bonchev–Trinajstić information content (AvgIpc) is 3.07. The third-order valence-electron chi connectivity index (χ3n) is 6.90. The van der Waals surface area contributed by atoms with E-state index in [0.717, 1.165) is 33.5 Å². The monoisotopic (exact) mass is 557 g/mol. The number of nitrogens with two attached hydrogens (primary N) is 1. The number of amides is 4. The van der Waals surface area contributed by atoms with Gasteiger partial charge in [0.25, 0.3) is 0 Å². The SMILES string of the molecule is CC(C)(N)C(=O)N[C@@H]1CCc2ccccc2N(Cc2ccc(-c3ccccc3CNC(=O)NCC(=O)O)cc2)C1=O. The van der Waals surface area contributed by atoms with Gasteiger partial charge in [0.2, 0.25) is 11.8 Å². The molecule has 10 nitrogen and oxygen atoms in total. The van der Waals surface area contributed by atoms with Crippen molar-refractivity contribution in [2.45, 2.75) is 51.4 Å². The lowest BCUT2D eigenvalue weighted by molar-refractivity contribution is -0.135. The Morgan fingerprint density at radius 3 is 2.37 bits per heavy atom. The summed E-state index contributed by atoms with van der Waals surface area (Å²) in [4.78, 5) is 50.7. The highest BCUT2D eigenvalue weighted by molar-refractivity contribution is 6.01. The third kappa shape index (κ3) is 7.49. The normalized spacial score (nSPS) is 15.0. The molecule has 0 aliphatic carbocycles. The number of benzene rings is 3. The lowest BCUT2D eigenvalue weighted by atomic mass is 9.98. The smallest absolute Gasteiger partial charge is 0.323 e. The van der Waals surface area contributed by atoms with E-state index in [2.05, 4.69) is 16.0 Å². The minimum atomic E-state index is -1.12. The summed E-state index contributed by atoms with van der Waals surface area (Å²) in [5.74, 6) is -1.68. The lowest BCUT2D eigenvalue weighted by Gasteiger charge is -2.28. The topological polar surface area (TPSA) is 154 Å². The zero-order chi connectivity index (χ0) is 29.6. The number of carbonyl (C=O) groups is 4. The largest absolute Gasteiger partial charge is 0.480 e. The van der Waals surface area contributed by atoms with E-state index in [1.807, 2.05) is 72.8 Å². The zero-order valence-electron chi connectivity index (χ0n) is 23.1. The van der Waals surface area contributed by atoms with Crippen molar-refractivity contribution in [2.75, 3.05) is 11.4 Å². The Hall–Kier alpha value is -4.70. The first kappa shape index (κ1) is 29.3. The Bertz CT molecular complexity index is 1430. The maximum absolute atomic E-state index is 13.7. The Labute approximate surface area is 238 Å². The highest BCUT2D eigenvalue weighted by Gasteiger charge is 2.34. The highest BCUT2D eigenvalue weighted by Crippen LogP contribution is 2.30. The Kier molecular flexibility index (Phi) is 9.04. The molecular weight excluding hydrogens is 522 g/mol. The van der Waals surface area contributed by atoms with E-state index in [1.165, 1.54) is 0 Å². The molecule has 0 radical (unpaired) electrons. The Morgan fingerprint density at radius 1 is 0.976 bits per heavy atom. The van der Waals surface area contributed by atoms with Gasteiger partial charge in [0.1, 0.15) is 12.6 Å². The minimum absolute atomic E-state index is 0.186. The van der Waals surface area contributed by atoms with Crippen molar-refractivity contribution >= 4 is 29.5 Å². The van der Waals surface area contributed by atoms with Crippen LogP contribution in [0, 0.1) is 0 Å². The summed E-state index contributed by atoms with van der Waals surface area (Å²) < 4.78 is 0. The second-order valence-electron chi connectivity index (χ2n) is 10.6. The standard InChI is InChI=1S/C31H35N5O5/c1-31(2,32)29(40)35-25-16-15-22-7-4-6-10-26(22)36(28(25)39)19-20-11-13-21(14-12-20)24-9-5-3-8-23(24)17-33-30(41)34-18-27(37)38/h3-14,25H,15-19,32H2,1-2H3,(H,35,40)(H,37,38)(H2,33,34,41)/t25-/m1/s1. The molecule has 3 aromatic carbocycles. The molecule has 6 N–H and O–H groups in total. The van der Waals surface area contributed by atoms with Crippen molar-refractivity contribution in [2.24, 2.45) is 5.73 Å². The van der Waals surface area contributed by atoms with Gasteiger partial charge < -0.3 is 31.7 Å². The first-order valence-electron chi connectivity index (χ1n) is 13.4. The van der Waals surface area contributed by atoms with E-state index in [0.29, 0.717) is 19.4 Å². The fraction of sp³-hybridized carbons (Fsp3) is 0.290. The number of carbonyl (C=O) groups excluding carboxylic acids is 3. The van der Waals surface area contributed by atoms with Gasteiger partial charge in [-0.2, -0.15) is 0 Å². The molecule has 4 amide bonds. The third-order valence-corrected chi connectivity index (χ3v) is 6.90. The predicted octanol–water partition coefficient (Wildman–Crippen LogP) is 2.94. The number of nitrogens with zero attached hydrogens (tertiary/aromatic N) is 1. The molecule has 1 atom stereocenters.